The van der Waals surface area contributed by atoms with Crippen LogP contribution in [-0.2, 0) is 4.79 Å². The lowest BCUT2D eigenvalue weighted by Crippen LogP contribution is -2.46. The van der Waals surface area contributed by atoms with E-state index in [0.29, 0.717) is 16.8 Å². The minimum atomic E-state index is -0.565. The van der Waals surface area contributed by atoms with E-state index >= 15 is 0 Å². The Balaban J connectivity index is 1.44. The van der Waals surface area contributed by atoms with Gasteiger partial charge in [-0.15, -0.1) is 0 Å². The zero-order valence-corrected chi connectivity index (χ0v) is 17.6. The molecule has 4 rings (SSSR count). The van der Waals surface area contributed by atoms with E-state index in [0.717, 1.165) is 11.3 Å². The van der Waals surface area contributed by atoms with Gasteiger partial charge in [0.15, 0.2) is 0 Å². The number of para-hydroxylation sites is 1. The van der Waals surface area contributed by atoms with Crippen LogP contribution < -0.4 is 16.2 Å². The van der Waals surface area contributed by atoms with Crippen LogP contribution in [0.4, 0.5) is 0 Å². The van der Waals surface area contributed by atoms with Gasteiger partial charge in [-0.1, -0.05) is 66.7 Å². The Labute approximate surface area is 190 Å². The van der Waals surface area contributed by atoms with E-state index in [9.17, 15) is 14.4 Å². The van der Waals surface area contributed by atoms with E-state index in [1.165, 1.54) is 0 Å². The van der Waals surface area contributed by atoms with E-state index < -0.39 is 11.8 Å². The molecule has 0 saturated carbocycles. The number of carbonyl (C=O) groups excluding carboxylic acids is 3. The van der Waals surface area contributed by atoms with Crippen molar-refractivity contribution in [2.24, 2.45) is 0 Å². The molecule has 4 aromatic rings. The molecule has 1 aromatic heterocycles. The molecule has 8 nitrogen and oxygen atoms in total. The predicted octanol–water partition coefficient (Wildman–Crippen LogP) is 2.73. The summed E-state index contributed by atoms with van der Waals surface area (Å²) >= 11 is 0. The second-order valence-electron chi connectivity index (χ2n) is 7.09. The van der Waals surface area contributed by atoms with E-state index in [4.69, 9.17) is 0 Å². The second-order valence-corrected chi connectivity index (χ2v) is 7.09. The number of benzene rings is 3. The van der Waals surface area contributed by atoms with Crippen molar-refractivity contribution in [2.75, 3.05) is 6.54 Å². The maximum Gasteiger partial charge on any atom is 0.273 e. The summed E-state index contributed by atoms with van der Waals surface area (Å²) in [4.78, 5) is 37.1. The normalized spacial score (nSPS) is 10.3. The lowest BCUT2D eigenvalue weighted by Gasteiger charge is -2.08. The van der Waals surface area contributed by atoms with Crippen LogP contribution in [0.1, 0.15) is 20.7 Å². The predicted molar refractivity (Wildman–Crippen MR) is 123 cm³/mol. The largest absolute Gasteiger partial charge is 0.343 e. The number of hydrazine groups is 1. The number of nitrogens with one attached hydrogen (secondary N) is 3. The Kier molecular flexibility index (Phi) is 6.56. The van der Waals surface area contributed by atoms with Gasteiger partial charge in [-0.2, -0.15) is 5.10 Å². The maximum atomic E-state index is 12.9. The molecule has 33 heavy (non-hydrogen) atoms. The summed E-state index contributed by atoms with van der Waals surface area (Å²) in [5.74, 6) is -1.48. The van der Waals surface area contributed by atoms with Crippen LogP contribution in [0.5, 0.6) is 0 Å². The molecule has 0 spiro atoms. The summed E-state index contributed by atoms with van der Waals surface area (Å²) in [6.07, 6.45) is 1.61. The smallest absolute Gasteiger partial charge is 0.273 e. The van der Waals surface area contributed by atoms with Crippen molar-refractivity contribution in [2.45, 2.75) is 0 Å². The average molecular weight is 439 g/mol. The monoisotopic (exact) mass is 439 g/mol. The van der Waals surface area contributed by atoms with Crippen molar-refractivity contribution in [3.05, 3.63) is 108 Å². The van der Waals surface area contributed by atoms with Crippen LogP contribution in [-0.4, -0.2) is 34.0 Å². The molecule has 0 aliphatic rings. The fraction of sp³-hybridized carbons (Fsp3) is 0.0400. The topological polar surface area (TPSA) is 105 Å². The molecule has 0 radical (unpaired) electrons. The molecular weight excluding hydrogens is 418 g/mol. The number of nitrogens with zero attached hydrogens (tertiary/aromatic N) is 2. The van der Waals surface area contributed by atoms with Crippen molar-refractivity contribution in [3.8, 4) is 16.9 Å². The molecule has 3 amide bonds. The van der Waals surface area contributed by atoms with E-state index in [2.05, 4.69) is 21.3 Å². The van der Waals surface area contributed by atoms with E-state index in [1.807, 2.05) is 60.7 Å². The molecule has 0 fully saturated rings. The summed E-state index contributed by atoms with van der Waals surface area (Å²) in [7, 11) is 0. The Morgan fingerprint density at radius 2 is 1.33 bits per heavy atom. The fourth-order valence-corrected chi connectivity index (χ4v) is 3.15. The molecule has 0 bridgehead atoms. The highest BCUT2D eigenvalue weighted by atomic mass is 16.2. The van der Waals surface area contributed by atoms with Gasteiger partial charge in [-0.25, -0.2) is 4.68 Å². The fourth-order valence-electron chi connectivity index (χ4n) is 3.15. The van der Waals surface area contributed by atoms with Crippen LogP contribution in [0.15, 0.2) is 97.2 Å². The Bertz CT molecular complexity index is 1260. The molecule has 0 aliphatic carbocycles. The van der Waals surface area contributed by atoms with Crippen molar-refractivity contribution in [3.63, 3.8) is 0 Å². The zero-order chi connectivity index (χ0) is 23.0. The van der Waals surface area contributed by atoms with Gasteiger partial charge >= 0.3 is 0 Å². The number of hydrogen-bond donors (Lipinski definition) is 3. The lowest BCUT2D eigenvalue weighted by molar-refractivity contribution is -0.120. The quantitative estimate of drug-likeness (QED) is 0.402. The number of rotatable bonds is 6. The first-order chi connectivity index (χ1) is 16.1. The van der Waals surface area contributed by atoms with Crippen LogP contribution in [0.3, 0.4) is 0 Å². The van der Waals surface area contributed by atoms with Gasteiger partial charge in [0.2, 0.25) is 0 Å². The van der Waals surface area contributed by atoms with Gasteiger partial charge in [0.1, 0.15) is 5.69 Å². The highest BCUT2D eigenvalue weighted by molar-refractivity contribution is 6.01. The van der Waals surface area contributed by atoms with Gasteiger partial charge in [-0.3, -0.25) is 25.2 Å². The molecule has 8 heteroatoms. The number of hydrogen-bond acceptors (Lipinski definition) is 4. The SMILES string of the molecule is O=C(CNC(=O)c1ccccc1)NNC(=O)c1cn(-c2ccccc2)nc1-c1ccccc1. The average Bonchev–Trinajstić information content (AvgIpc) is 3.33. The Morgan fingerprint density at radius 3 is 2.00 bits per heavy atom. The summed E-state index contributed by atoms with van der Waals surface area (Å²) in [5.41, 5.74) is 7.48. The standard InChI is InChI=1S/C25H21N5O3/c31-22(16-26-24(32)19-12-6-2-7-13-19)27-28-25(33)21-17-30(20-14-8-3-9-15-20)29-23(21)18-10-4-1-5-11-18/h1-15,17H,16H2,(H,26,32)(H,27,31)(H,28,33). The van der Waals surface area contributed by atoms with Crippen LogP contribution in [0.25, 0.3) is 16.9 Å². The first kappa shape index (κ1) is 21.5. The summed E-state index contributed by atoms with van der Waals surface area (Å²) in [5, 5.41) is 7.08. The highest BCUT2D eigenvalue weighted by Gasteiger charge is 2.19. The first-order valence-corrected chi connectivity index (χ1v) is 10.2. The zero-order valence-electron chi connectivity index (χ0n) is 17.6. The van der Waals surface area contributed by atoms with Gasteiger partial charge in [0.25, 0.3) is 17.7 Å². The van der Waals surface area contributed by atoms with Gasteiger partial charge < -0.3 is 5.32 Å². The Morgan fingerprint density at radius 1 is 0.727 bits per heavy atom. The highest BCUT2D eigenvalue weighted by Crippen LogP contribution is 2.23. The van der Waals surface area contributed by atoms with Crippen LogP contribution >= 0.6 is 0 Å². The molecule has 3 aromatic carbocycles. The molecule has 0 saturated heterocycles. The van der Waals surface area contributed by atoms with Gasteiger partial charge in [-0.05, 0) is 24.3 Å². The van der Waals surface area contributed by atoms with Crippen LogP contribution in [0.2, 0.25) is 0 Å². The summed E-state index contributed by atoms with van der Waals surface area (Å²) in [6, 6.07) is 27.2. The molecule has 3 N–H and O–H groups in total. The summed E-state index contributed by atoms with van der Waals surface area (Å²) < 4.78 is 1.61. The third-order valence-electron chi connectivity index (χ3n) is 4.79. The minimum absolute atomic E-state index is 0.289. The van der Waals surface area contributed by atoms with Gasteiger partial charge in [0, 0.05) is 17.3 Å². The third kappa shape index (κ3) is 5.31. The van der Waals surface area contributed by atoms with Crippen LogP contribution in [0, 0.1) is 0 Å². The third-order valence-corrected chi connectivity index (χ3v) is 4.79. The van der Waals surface area contributed by atoms with Gasteiger partial charge in [0.05, 0.1) is 17.8 Å². The molecule has 1 heterocycles. The molecule has 164 valence electrons. The number of aromatic nitrogens is 2. The van der Waals surface area contributed by atoms with Crippen molar-refractivity contribution < 1.29 is 14.4 Å². The minimum Gasteiger partial charge on any atom is -0.343 e. The maximum absolute atomic E-state index is 12.9. The molecule has 0 aliphatic heterocycles. The first-order valence-electron chi connectivity index (χ1n) is 10.2. The van der Waals surface area contributed by atoms with Crippen molar-refractivity contribution in [1.29, 1.82) is 0 Å². The Hall–Kier alpha value is -4.72. The lowest BCUT2D eigenvalue weighted by atomic mass is 10.1. The molecule has 0 unspecified atom stereocenters. The van der Waals surface area contributed by atoms with Crippen molar-refractivity contribution >= 4 is 17.7 Å². The number of amides is 3. The molecular formula is C25H21N5O3. The molecule has 0 atom stereocenters. The number of carbonyl (C=O) groups is 3. The van der Waals surface area contributed by atoms with E-state index in [1.54, 1.807) is 41.2 Å². The van der Waals surface area contributed by atoms with Crippen molar-refractivity contribution in [1.82, 2.24) is 25.9 Å². The second kappa shape index (κ2) is 10.1. The summed E-state index contributed by atoms with van der Waals surface area (Å²) in [6.45, 7) is -0.289. The van der Waals surface area contributed by atoms with E-state index in [-0.39, 0.29) is 12.5 Å².